The number of aryl methyl sites for hydroxylation is 1. The topological polar surface area (TPSA) is 76.1 Å². The highest BCUT2D eigenvalue weighted by atomic mass is 16.5. The van der Waals surface area contributed by atoms with E-state index in [0.717, 1.165) is 5.56 Å². The minimum atomic E-state index is -0.191. The van der Waals surface area contributed by atoms with Crippen LogP contribution in [-0.2, 0) is 11.3 Å². The number of rotatable bonds is 7. The van der Waals surface area contributed by atoms with Crippen molar-refractivity contribution in [2.45, 2.75) is 13.5 Å². The molecule has 6 nitrogen and oxygen atoms in total. The summed E-state index contributed by atoms with van der Waals surface area (Å²) in [5.41, 5.74) is 2.68. The number of aromatic nitrogens is 2. The average Bonchev–Trinajstić information content (AvgIpc) is 2.55. The zero-order chi connectivity index (χ0) is 15.8. The van der Waals surface area contributed by atoms with Crippen LogP contribution in [0.25, 0.3) is 0 Å². The van der Waals surface area contributed by atoms with E-state index in [2.05, 4.69) is 20.6 Å². The minimum Gasteiger partial charge on any atom is -0.383 e. The number of methoxy groups -OCH3 is 1. The Morgan fingerprint density at radius 2 is 1.86 bits per heavy atom. The number of benzene rings is 1. The molecular weight excluding hydrogens is 280 g/mol. The first-order chi connectivity index (χ1) is 10.7. The fourth-order valence-corrected chi connectivity index (χ4v) is 1.79. The Bertz CT molecular complexity index is 597. The normalized spacial score (nSPS) is 10.3. The molecule has 116 valence electrons. The standard InChI is InChI=1S/C16H20N4O2/c1-12-3-5-13(6-4-12)9-18-15(21)14-10-19-16(20-11-14)17-7-8-22-2/h3-6,10-11H,7-9H2,1-2H3,(H,18,21)(H,17,19,20). The molecule has 0 unspecified atom stereocenters. The third kappa shape index (κ3) is 4.82. The van der Waals surface area contributed by atoms with Crippen LogP contribution in [0.3, 0.4) is 0 Å². The summed E-state index contributed by atoms with van der Waals surface area (Å²) in [6, 6.07) is 8.03. The van der Waals surface area contributed by atoms with Crippen LogP contribution in [0.2, 0.25) is 0 Å². The van der Waals surface area contributed by atoms with Crippen molar-refractivity contribution in [2.24, 2.45) is 0 Å². The molecule has 22 heavy (non-hydrogen) atoms. The summed E-state index contributed by atoms with van der Waals surface area (Å²) in [4.78, 5) is 20.2. The molecule has 6 heteroatoms. The molecule has 0 atom stereocenters. The highest BCUT2D eigenvalue weighted by Crippen LogP contribution is 2.04. The molecule has 2 N–H and O–H groups in total. The van der Waals surface area contributed by atoms with Gasteiger partial charge in [0.1, 0.15) is 0 Å². The van der Waals surface area contributed by atoms with Gasteiger partial charge in [-0.05, 0) is 12.5 Å². The van der Waals surface area contributed by atoms with Crippen LogP contribution in [-0.4, -0.2) is 36.1 Å². The van der Waals surface area contributed by atoms with Gasteiger partial charge in [-0.15, -0.1) is 0 Å². The maximum atomic E-state index is 12.0. The Kier molecular flexibility index (Phi) is 5.85. The fourth-order valence-electron chi connectivity index (χ4n) is 1.79. The number of anilines is 1. The van der Waals surface area contributed by atoms with Crippen LogP contribution in [0.15, 0.2) is 36.7 Å². The molecule has 1 heterocycles. The van der Waals surface area contributed by atoms with Gasteiger partial charge in [0.25, 0.3) is 5.91 Å². The number of carbonyl (C=O) groups excluding carboxylic acids is 1. The van der Waals surface area contributed by atoms with Crippen molar-refractivity contribution in [1.29, 1.82) is 0 Å². The predicted molar refractivity (Wildman–Crippen MR) is 84.7 cm³/mol. The molecule has 0 aliphatic heterocycles. The Hall–Kier alpha value is -2.47. The van der Waals surface area contributed by atoms with Gasteiger partial charge in [-0.25, -0.2) is 9.97 Å². The Morgan fingerprint density at radius 1 is 1.18 bits per heavy atom. The third-order valence-corrected chi connectivity index (χ3v) is 3.08. The van der Waals surface area contributed by atoms with Crippen molar-refractivity contribution in [3.8, 4) is 0 Å². The molecule has 0 saturated heterocycles. The lowest BCUT2D eigenvalue weighted by Crippen LogP contribution is -2.23. The smallest absolute Gasteiger partial charge is 0.254 e. The van der Waals surface area contributed by atoms with Crippen LogP contribution in [0.4, 0.5) is 5.95 Å². The second kappa shape index (κ2) is 8.09. The van der Waals surface area contributed by atoms with Crippen molar-refractivity contribution in [2.75, 3.05) is 25.6 Å². The van der Waals surface area contributed by atoms with Gasteiger partial charge in [-0.3, -0.25) is 4.79 Å². The summed E-state index contributed by atoms with van der Waals surface area (Å²) in [5.74, 6) is 0.288. The molecule has 0 fully saturated rings. The van der Waals surface area contributed by atoms with Crippen molar-refractivity contribution in [1.82, 2.24) is 15.3 Å². The zero-order valence-electron chi connectivity index (χ0n) is 12.8. The first-order valence-electron chi connectivity index (χ1n) is 7.07. The SMILES string of the molecule is COCCNc1ncc(C(=O)NCc2ccc(C)cc2)cn1. The lowest BCUT2D eigenvalue weighted by molar-refractivity contribution is 0.0950. The van der Waals surface area contributed by atoms with Crippen LogP contribution in [0, 0.1) is 6.92 Å². The summed E-state index contributed by atoms with van der Waals surface area (Å²) in [5, 5.41) is 5.84. The number of nitrogens with one attached hydrogen (secondary N) is 2. The number of amides is 1. The molecule has 1 aromatic carbocycles. The second-order valence-corrected chi connectivity index (χ2v) is 4.88. The number of ether oxygens (including phenoxy) is 1. The largest absolute Gasteiger partial charge is 0.383 e. The fraction of sp³-hybridized carbons (Fsp3) is 0.312. The quantitative estimate of drug-likeness (QED) is 0.762. The molecule has 1 amide bonds. The van der Waals surface area contributed by atoms with E-state index in [-0.39, 0.29) is 5.91 Å². The molecule has 0 saturated carbocycles. The molecule has 0 radical (unpaired) electrons. The van der Waals surface area contributed by atoms with Crippen LogP contribution in [0.1, 0.15) is 21.5 Å². The first-order valence-corrected chi connectivity index (χ1v) is 7.07. The van der Waals surface area contributed by atoms with Gasteiger partial charge < -0.3 is 15.4 Å². The van der Waals surface area contributed by atoms with Crippen LogP contribution < -0.4 is 10.6 Å². The van der Waals surface area contributed by atoms with Gasteiger partial charge in [0.05, 0.1) is 12.2 Å². The van der Waals surface area contributed by atoms with Gasteiger partial charge in [0, 0.05) is 32.6 Å². The van der Waals surface area contributed by atoms with Crippen molar-refractivity contribution in [3.63, 3.8) is 0 Å². The van der Waals surface area contributed by atoms with E-state index in [1.165, 1.54) is 18.0 Å². The van der Waals surface area contributed by atoms with E-state index in [0.29, 0.717) is 31.2 Å². The Balaban J connectivity index is 1.85. The van der Waals surface area contributed by atoms with E-state index >= 15 is 0 Å². The van der Waals surface area contributed by atoms with Crippen molar-refractivity contribution in [3.05, 3.63) is 53.3 Å². The van der Waals surface area contributed by atoms with Crippen molar-refractivity contribution < 1.29 is 9.53 Å². The highest BCUT2D eigenvalue weighted by molar-refractivity contribution is 5.93. The Morgan fingerprint density at radius 3 is 2.50 bits per heavy atom. The first kappa shape index (κ1) is 15.9. The van der Waals surface area contributed by atoms with E-state index in [9.17, 15) is 4.79 Å². The summed E-state index contributed by atoms with van der Waals surface area (Å²) < 4.78 is 4.92. The monoisotopic (exact) mass is 300 g/mol. The number of hydrogen-bond donors (Lipinski definition) is 2. The van der Waals surface area contributed by atoms with Gasteiger partial charge in [0.15, 0.2) is 0 Å². The van der Waals surface area contributed by atoms with E-state index in [1.54, 1.807) is 7.11 Å². The van der Waals surface area contributed by atoms with E-state index < -0.39 is 0 Å². The molecular formula is C16H20N4O2. The maximum Gasteiger partial charge on any atom is 0.254 e. The molecule has 0 aliphatic carbocycles. The van der Waals surface area contributed by atoms with Crippen molar-refractivity contribution >= 4 is 11.9 Å². The highest BCUT2D eigenvalue weighted by Gasteiger charge is 2.06. The number of nitrogens with zero attached hydrogens (tertiary/aromatic N) is 2. The minimum absolute atomic E-state index is 0.191. The lowest BCUT2D eigenvalue weighted by Gasteiger charge is -2.07. The van der Waals surface area contributed by atoms with Gasteiger partial charge >= 0.3 is 0 Å². The summed E-state index contributed by atoms with van der Waals surface area (Å²) in [6.07, 6.45) is 3.01. The molecule has 1 aromatic heterocycles. The molecule has 2 rings (SSSR count). The second-order valence-electron chi connectivity index (χ2n) is 4.88. The Labute approximate surface area is 129 Å². The van der Waals surface area contributed by atoms with Crippen LogP contribution >= 0.6 is 0 Å². The molecule has 0 aliphatic rings. The van der Waals surface area contributed by atoms with Crippen LogP contribution in [0.5, 0.6) is 0 Å². The maximum absolute atomic E-state index is 12.0. The van der Waals surface area contributed by atoms with Gasteiger partial charge in [0.2, 0.25) is 5.95 Å². The summed E-state index contributed by atoms with van der Waals surface area (Å²) in [7, 11) is 1.63. The molecule has 0 spiro atoms. The average molecular weight is 300 g/mol. The lowest BCUT2D eigenvalue weighted by atomic mass is 10.1. The molecule has 0 bridgehead atoms. The zero-order valence-corrected chi connectivity index (χ0v) is 12.8. The van der Waals surface area contributed by atoms with Gasteiger partial charge in [-0.1, -0.05) is 29.8 Å². The number of hydrogen-bond acceptors (Lipinski definition) is 5. The van der Waals surface area contributed by atoms with Gasteiger partial charge in [-0.2, -0.15) is 0 Å². The van der Waals surface area contributed by atoms with E-state index in [4.69, 9.17) is 4.74 Å². The predicted octanol–water partition coefficient (Wildman–Crippen LogP) is 1.77. The molecule has 2 aromatic rings. The summed E-state index contributed by atoms with van der Waals surface area (Å²) in [6.45, 7) is 3.70. The number of carbonyl (C=O) groups is 1. The van der Waals surface area contributed by atoms with E-state index in [1.807, 2.05) is 31.2 Å². The summed E-state index contributed by atoms with van der Waals surface area (Å²) >= 11 is 0. The third-order valence-electron chi connectivity index (χ3n) is 3.08.